The summed E-state index contributed by atoms with van der Waals surface area (Å²) in [4.78, 5) is 31.2. The van der Waals surface area contributed by atoms with Crippen LogP contribution in [0.25, 0.3) is 0 Å². The molecule has 9 heteroatoms. The first kappa shape index (κ1) is 22.6. The Balaban J connectivity index is 1.68. The zero-order valence-electron chi connectivity index (χ0n) is 17.7. The lowest BCUT2D eigenvalue weighted by Crippen LogP contribution is -2.53. The summed E-state index contributed by atoms with van der Waals surface area (Å²) in [6.45, 7) is 1.69. The Kier molecular flexibility index (Phi) is 7.36. The van der Waals surface area contributed by atoms with Crippen molar-refractivity contribution < 1.29 is 22.7 Å². The van der Waals surface area contributed by atoms with Crippen LogP contribution in [0.4, 0.5) is 4.79 Å². The van der Waals surface area contributed by atoms with Gasteiger partial charge >= 0.3 is 6.09 Å². The Labute approximate surface area is 178 Å². The van der Waals surface area contributed by atoms with Crippen molar-refractivity contribution in [1.29, 1.82) is 0 Å². The fraction of sp³-hybridized carbons (Fsp3) is 0.619. The second kappa shape index (κ2) is 9.78. The summed E-state index contributed by atoms with van der Waals surface area (Å²) < 4.78 is 29.4. The average molecular weight is 438 g/mol. The molecule has 2 fully saturated rings. The highest BCUT2D eigenvalue weighted by Crippen LogP contribution is 2.25. The fourth-order valence-corrected chi connectivity index (χ4v) is 5.77. The number of carbonyl (C=O) groups excluding carboxylic acids is 2. The maximum absolute atomic E-state index is 13.4. The van der Waals surface area contributed by atoms with Crippen molar-refractivity contribution in [3.63, 3.8) is 0 Å². The molecule has 0 aliphatic carbocycles. The number of amides is 2. The van der Waals surface area contributed by atoms with Crippen LogP contribution in [0.3, 0.4) is 0 Å². The van der Waals surface area contributed by atoms with Gasteiger partial charge in [0.25, 0.3) is 0 Å². The van der Waals surface area contributed by atoms with Crippen LogP contribution in [0.1, 0.15) is 24.8 Å². The lowest BCUT2D eigenvalue weighted by molar-refractivity contribution is -0.137. The molecule has 2 amide bonds. The number of benzene rings is 1. The van der Waals surface area contributed by atoms with Gasteiger partial charge in [-0.25, -0.2) is 13.2 Å². The minimum Gasteiger partial charge on any atom is -0.445 e. The third-order valence-corrected chi connectivity index (χ3v) is 7.45. The van der Waals surface area contributed by atoms with Crippen LogP contribution >= 0.6 is 0 Å². The summed E-state index contributed by atoms with van der Waals surface area (Å²) in [5.41, 5.74) is 0.886. The van der Waals surface area contributed by atoms with Crippen LogP contribution in [0.2, 0.25) is 0 Å². The van der Waals surface area contributed by atoms with Gasteiger partial charge in [0.2, 0.25) is 5.91 Å². The van der Waals surface area contributed by atoms with E-state index in [-0.39, 0.29) is 30.1 Å². The number of nitrogens with zero attached hydrogens (tertiary/aromatic N) is 3. The van der Waals surface area contributed by atoms with Crippen LogP contribution in [-0.4, -0.2) is 92.4 Å². The Morgan fingerprint density at radius 1 is 1.13 bits per heavy atom. The Morgan fingerprint density at radius 3 is 2.50 bits per heavy atom. The molecule has 2 unspecified atom stereocenters. The number of ether oxygens (including phenoxy) is 1. The van der Waals surface area contributed by atoms with Crippen LogP contribution in [0.15, 0.2) is 30.3 Å². The number of likely N-dealkylation sites (N-methyl/N-ethyl adjacent to an activating group) is 1. The molecule has 166 valence electrons. The average Bonchev–Trinajstić information content (AvgIpc) is 3.33. The largest absolute Gasteiger partial charge is 0.445 e. The molecule has 2 aliphatic rings. The van der Waals surface area contributed by atoms with Gasteiger partial charge in [-0.1, -0.05) is 30.3 Å². The third-order valence-electron chi connectivity index (χ3n) is 5.70. The van der Waals surface area contributed by atoms with Crippen LogP contribution < -0.4 is 0 Å². The predicted molar refractivity (Wildman–Crippen MR) is 114 cm³/mol. The molecule has 2 atom stereocenters. The molecule has 1 aromatic rings. The topological polar surface area (TPSA) is 87.2 Å². The molecule has 2 saturated heterocycles. The summed E-state index contributed by atoms with van der Waals surface area (Å²) >= 11 is 0. The first-order chi connectivity index (χ1) is 14.3. The molecule has 0 radical (unpaired) electrons. The van der Waals surface area contributed by atoms with Gasteiger partial charge in [-0.05, 0) is 38.9 Å². The van der Waals surface area contributed by atoms with E-state index >= 15 is 0 Å². The summed E-state index contributed by atoms with van der Waals surface area (Å²) in [6, 6.07) is 8.48. The van der Waals surface area contributed by atoms with Crippen molar-refractivity contribution >= 4 is 21.8 Å². The second-order valence-electron chi connectivity index (χ2n) is 8.28. The summed E-state index contributed by atoms with van der Waals surface area (Å²) in [6.07, 6.45) is 1.24. The maximum Gasteiger partial charge on any atom is 0.410 e. The van der Waals surface area contributed by atoms with E-state index < -0.39 is 22.0 Å². The minimum atomic E-state index is -3.12. The molecule has 1 aromatic carbocycles. The quantitative estimate of drug-likeness (QED) is 0.640. The second-order valence-corrected chi connectivity index (χ2v) is 10.5. The number of hydrogen-bond acceptors (Lipinski definition) is 6. The summed E-state index contributed by atoms with van der Waals surface area (Å²) in [5, 5.41) is 0. The highest BCUT2D eigenvalue weighted by atomic mass is 32.2. The number of sulfone groups is 1. The summed E-state index contributed by atoms with van der Waals surface area (Å²) in [7, 11) is 0.709. The van der Waals surface area contributed by atoms with Gasteiger partial charge in [-0.3, -0.25) is 9.69 Å². The van der Waals surface area contributed by atoms with Crippen molar-refractivity contribution in [3.8, 4) is 0 Å². The molecular formula is C21H31N3O5S. The molecule has 3 rings (SSSR count). The van der Waals surface area contributed by atoms with Gasteiger partial charge in [-0.15, -0.1) is 0 Å². The SMILES string of the molecule is CN(C)CCN(C(=O)C1CCCN1C(=O)OCc1ccccc1)C1CCS(=O)(=O)C1. The number of likely N-dealkylation sites (tertiary alicyclic amines) is 1. The van der Waals surface area contributed by atoms with Crippen molar-refractivity contribution in [2.24, 2.45) is 0 Å². The molecule has 0 spiro atoms. The van der Waals surface area contributed by atoms with Crippen LogP contribution in [0, 0.1) is 0 Å². The van der Waals surface area contributed by atoms with Crippen molar-refractivity contribution in [2.75, 3.05) is 45.2 Å². The molecule has 30 heavy (non-hydrogen) atoms. The molecule has 0 N–H and O–H groups in total. The predicted octanol–water partition coefficient (Wildman–Crippen LogP) is 1.36. The van der Waals surface area contributed by atoms with Crippen molar-refractivity contribution in [1.82, 2.24) is 14.7 Å². The smallest absolute Gasteiger partial charge is 0.410 e. The minimum absolute atomic E-state index is 0.00264. The van der Waals surface area contributed by atoms with E-state index in [4.69, 9.17) is 4.74 Å². The number of hydrogen-bond donors (Lipinski definition) is 0. The molecule has 8 nitrogen and oxygen atoms in total. The molecule has 2 heterocycles. The van der Waals surface area contributed by atoms with Gasteiger partial charge < -0.3 is 14.5 Å². The van der Waals surface area contributed by atoms with E-state index in [9.17, 15) is 18.0 Å². The number of carbonyl (C=O) groups is 2. The Bertz CT molecular complexity index is 843. The maximum atomic E-state index is 13.4. The van der Waals surface area contributed by atoms with E-state index in [2.05, 4.69) is 0 Å². The van der Waals surface area contributed by atoms with Gasteiger partial charge in [0.15, 0.2) is 9.84 Å². The van der Waals surface area contributed by atoms with Gasteiger partial charge in [0, 0.05) is 25.7 Å². The van der Waals surface area contributed by atoms with Gasteiger partial charge in [0.1, 0.15) is 12.6 Å². The number of rotatable bonds is 7. The Morgan fingerprint density at radius 2 is 1.87 bits per heavy atom. The highest BCUT2D eigenvalue weighted by Gasteiger charge is 2.41. The summed E-state index contributed by atoms with van der Waals surface area (Å²) in [5.74, 6) is -0.0676. The molecule has 0 aromatic heterocycles. The normalized spacial score (nSPS) is 23.0. The van der Waals surface area contributed by atoms with E-state index in [0.29, 0.717) is 32.5 Å². The van der Waals surface area contributed by atoms with Gasteiger partial charge in [0.05, 0.1) is 11.5 Å². The molecule has 0 bridgehead atoms. The van der Waals surface area contributed by atoms with E-state index in [1.165, 1.54) is 4.90 Å². The van der Waals surface area contributed by atoms with Crippen LogP contribution in [-0.2, 0) is 26.0 Å². The van der Waals surface area contributed by atoms with Crippen LogP contribution in [0.5, 0.6) is 0 Å². The third kappa shape index (κ3) is 5.72. The van der Waals surface area contributed by atoms with Crippen molar-refractivity contribution in [2.45, 2.75) is 38.0 Å². The lowest BCUT2D eigenvalue weighted by atomic mass is 10.1. The monoisotopic (exact) mass is 437 g/mol. The van der Waals surface area contributed by atoms with E-state index in [1.54, 1.807) is 4.90 Å². The first-order valence-corrected chi connectivity index (χ1v) is 12.2. The van der Waals surface area contributed by atoms with E-state index in [1.807, 2.05) is 49.3 Å². The van der Waals surface area contributed by atoms with E-state index in [0.717, 1.165) is 12.0 Å². The molecule has 2 aliphatic heterocycles. The fourth-order valence-electron chi connectivity index (χ4n) is 4.04. The zero-order chi connectivity index (χ0) is 21.7. The lowest BCUT2D eigenvalue weighted by Gasteiger charge is -2.34. The highest BCUT2D eigenvalue weighted by molar-refractivity contribution is 7.91. The zero-order valence-corrected chi connectivity index (χ0v) is 18.5. The first-order valence-electron chi connectivity index (χ1n) is 10.4. The van der Waals surface area contributed by atoms with Crippen molar-refractivity contribution in [3.05, 3.63) is 35.9 Å². The molecular weight excluding hydrogens is 406 g/mol. The molecule has 0 saturated carbocycles. The van der Waals surface area contributed by atoms with Gasteiger partial charge in [-0.2, -0.15) is 0 Å². The Hall–Kier alpha value is -2.13. The standard InChI is InChI=1S/C21H31N3O5S/c1-22(2)12-13-23(18-10-14-30(27,28)16-18)20(25)19-9-6-11-24(19)21(26)29-15-17-7-4-3-5-8-17/h3-5,7-8,18-19H,6,9-16H2,1-2H3.